The van der Waals surface area contributed by atoms with Crippen LogP contribution in [0.3, 0.4) is 0 Å². The van der Waals surface area contributed by atoms with Crippen LogP contribution in [0.1, 0.15) is 43.6 Å². The number of carbonyl (C=O) groups excluding carboxylic acids is 1. The van der Waals surface area contributed by atoms with Gasteiger partial charge in [-0.25, -0.2) is 0 Å². The first-order valence-corrected chi connectivity index (χ1v) is 8.51. The molecule has 0 N–H and O–H groups in total. The van der Waals surface area contributed by atoms with Crippen LogP contribution < -0.4 is 0 Å². The van der Waals surface area contributed by atoms with Gasteiger partial charge in [0.25, 0.3) is 5.91 Å². The van der Waals surface area contributed by atoms with Crippen molar-refractivity contribution in [3.8, 4) is 0 Å². The van der Waals surface area contributed by atoms with E-state index in [1.807, 2.05) is 23.1 Å². The second kappa shape index (κ2) is 6.37. The van der Waals surface area contributed by atoms with E-state index in [0.717, 1.165) is 26.1 Å². The van der Waals surface area contributed by atoms with Gasteiger partial charge in [0.1, 0.15) is 5.69 Å². The van der Waals surface area contributed by atoms with Crippen molar-refractivity contribution in [2.45, 2.75) is 33.1 Å². The fourth-order valence-corrected chi connectivity index (χ4v) is 4.08. The highest BCUT2D eigenvalue weighted by Gasteiger charge is 2.42. The van der Waals surface area contributed by atoms with Gasteiger partial charge in [0, 0.05) is 37.8 Å². The van der Waals surface area contributed by atoms with Crippen LogP contribution >= 0.6 is 0 Å². The van der Waals surface area contributed by atoms with E-state index < -0.39 is 0 Å². The fraction of sp³-hybridized carbons (Fsp3) is 0.667. The predicted octanol–water partition coefficient (Wildman–Crippen LogP) is 2.67. The Kier molecular flexibility index (Phi) is 4.48. The number of pyridine rings is 1. The van der Waals surface area contributed by atoms with Gasteiger partial charge in [-0.1, -0.05) is 19.9 Å². The normalized spacial score (nSPS) is 26.0. The zero-order valence-electron chi connectivity index (χ0n) is 13.8. The van der Waals surface area contributed by atoms with Crippen LogP contribution in [0.25, 0.3) is 0 Å². The lowest BCUT2D eigenvalue weighted by Crippen LogP contribution is -2.46. The number of likely N-dealkylation sites (tertiary alicyclic amines) is 2. The van der Waals surface area contributed by atoms with E-state index in [2.05, 4.69) is 23.7 Å². The van der Waals surface area contributed by atoms with Crippen LogP contribution in [0.5, 0.6) is 0 Å². The molecule has 2 aliphatic heterocycles. The first-order chi connectivity index (χ1) is 10.6. The van der Waals surface area contributed by atoms with Crippen molar-refractivity contribution in [3.63, 3.8) is 0 Å². The number of amides is 1. The first kappa shape index (κ1) is 15.5. The van der Waals surface area contributed by atoms with Gasteiger partial charge in [0.15, 0.2) is 0 Å². The molecule has 4 nitrogen and oxygen atoms in total. The van der Waals surface area contributed by atoms with Crippen molar-refractivity contribution in [2.75, 3.05) is 32.7 Å². The Labute approximate surface area is 133 Å². The number of piperidine rings is 1. The first-order valence-electron chi connectivity index (χ1n) is 8.51. The molecule has 1 amide bonds. The van der Waals surface area contributed by atoms with Crippen molar-refractivity contribution < 1.29 is 4.79 Å². The summed E-state index contributed by atoms with van der Waals surface area (Å²) in [6, 6.07) is 5.56. The SMILES string of the molecule is CC(C)CN1CCC[C@@]2(CCN(C(=O)c3ccccn3)C2)C1. The summed E-state index contributed by atoms with van der Waals surface area (Å²) in [7, 11) is 0. The minimum atomic E-state index is 0.0958. The van der Waals surface area contributed by atoms with E-state index in [0.29, 0.717) is 17.0 Å². The van der Waals surface area contributed by atoms with Crippen LogP contribution in [0.4, 0.5) is 0 Å². The largest absolute Gasteiger partial charge is 0.337 e. The maximum absolute atomic E-state index is 12.6. The lowest BCUT2D eigenvalue weighted by atomic mass is 9.79. The topological polar surface area (TPSA) is 36.4 Å². The van der Waals surface area contributed by atoms with E-state index >= 15 is 0 Å². The van der Waals surface area contributed by atoms with Crippen molar-refractivity contribution in [3.05, 3.63) is 30.1 Å². The minimum absolute atomic E-state index is 0.0958. The summed E-state index contributed by atoms with van der Waals surface area (Å²) in [6.07, 6.45) is 5.36. The highest BCUT2D eigenvalue weighted by molar-refractivity contribution is 5.92. The number of nitrogens with zero attached hydrogens (tertiary/aromatic N) is 3. The molecule has 1 spiro atoms. The molecule has 0 aromatic carbocycles. The molecule has 0 saturated carbocycles. The zero-order valence-corrected chi connectivity index (χ0v) is 13.8. The summed E-state index contributed by atoms with van der Waals surface area (Å²) >= 11 is 0. The van der Waals surface area contributed by atoms with Crippen molar-refractivity contribution in [2.24, 2.45) is 11.3 Å². The van der Waals surface area contributed by atoms with Crippen LogP contribution in [0.15, 0.2) is 24.4 Å². The number of hydrogen-bond donors (Lipinski definition) is 0. The summed E-state index contributed by atoms with van der Waals surface area (Å²) in [5.41, 5.74) is 0.895. The minimum Gasteiger partial charge on any atom is -0.337 e. The quantitative estimate of drug-likeness (QED) is 0.861. The molecule has 2 aliphatic rings. The molecule has 2 fully saturated rings. The van der Waals surface area contributed by atoms with Gasteiger partial charge < -0.3 is 9.80 Å². The second-order valence-electron chi connectivity index (χ2n) is 7.42. The summed E-state index contributed by atoms with van der Waals surface area (Å²) < 4.78 is 0. The predicted molar refractivity (Wildman–Crippen MR) is 87.7 cm³/mol. The van der Waals surface area contributed by atoms with E-state index in [9.17, 15) is 4.79 Å². The molecular weight excluding hydrogens is 274 g/mol. The average molecular weight is 301 g/mol. The van der Waals surface area contributed by atoms with Gasteiger partial charge in [-0.15, -0.1) is 0 Å². The van der Waals surface area contributed by atoms with Crippen molar-refractivity contribution >= 4 is 5.91 Å². The van der Waals surface area contributed by atoms with Crippen LogP contribution in [-0.4, -0.2) is 53.4 Å². The summed E-state index contributed by atoms with van der Waals surface area (Å²) in [5.74, 6) is 0.807. The fourth-order valence-electron chi connectivity index (χ4n) is 4.08. The number of carbonyl (C=O) groups is 1. The second-order valence-corrected chi connectivity index (χ2v) is 7.42. The average Bonchev–Trinajstić information content (AvgIpc) is 2.90. The number of rotatable bonds is 3. The molecule has 1 atom stereocenters. The molecule has 3 rings (SSSR count). The van der Waals surface area contributed by atoms with Crippen molar-refractivity contribution in [1.82, 2.24) is 14.8 Å². The smallest absolute Gasteiger partial charge is 0.272 e. The maximum atomic E-state index is 12.6. The Bertz CT molecular complexity index is 516. The molecule has 1 aromatic heterocycles. The van der Waals surface area contributed by atoms with E-state index in [-0.39, 0.29) is 5.91 Å². The molecule has 3 heterocycles. The summed E-state index contributed by atoms with van der Waals surface area (Å²) in [5, 5.41) is 0. The molecule has 0 radical (unpaired) electrons. The Hall–Kier alpha value is -1.42. The number of aromatic nitrogens is 1. The van der Waals surface area contributed by atoms with E-state index in [1.165, 1.54) is 25.9 Å². The highest BCUT2D eigenvalue weighted by Crippen LogP contribution is 2.39. The molecule has 120 valence electrons. The number of hydrogen-bond acceptors (Lipinski definition) is 3. The molecule has 2 saturated heterocycles. The Morgan fingerprint density at radius 2 is 2.14 bits per heavy atom. The summed E-state index contributed by atoms with van der Waals surface area (Å²) in [4.78, 5) is 21.4. The Balaban J connectivity index is 1.65. The lowest BCUT2D eigenvalue weighted by molar-refractivity contribution is 0.0662. The third-order valence-corrected chi connectivity index (χ3v) is 4.97. The van der Waals surface area contributed by atoms with Crippen molar-refractivity contribution in [1.29, 1.82) is 0 Å². The van der Waals surface area contributed by atoms with E-state index in [4.69, 9.17) is 0 Å². The highest BCUT2D eigenvalue weighted by atomic mass is 16.2. The van der Waals surface area contributed by atoms with E-state index in [1.54, 1.807) is 6.20 Å². The third kappa shape index (κ3) is 3.32. The summed E-state index contributed by atoms with van der Waals surface area (Å²) in [6.45, 7) is 9.89. The third-order valence-electron chi connectivity index (χ3n) is 4.97. The van der Waals surface area contributed by atoms with Gasteiger partial charge >= 0.3 is 0 Å². The van der Waals surface area contributed by atoms with Gasteiger partial charge in [-0.2, -0.15) is 0 Å². The molecular formula is C18H27N3O. The van der Waals surface area contributed by atoms with Crippen LogP contribution in [0, 0.1) is 11.3 Å². The Morgan fingerprint density at radius 3 is 2.86 bits per heavy atom. The molecule has 4 heteroatoms. The molecule has 0 unspecified atom stereocenters. The maximum Gasteiger partial charge on any atom is 0.272 e. The van der Waals surface area contributed by atoms with Crippen LogP contribution in [0.2, 0.25) is 0 Å². The van der Waals surface area contributed by atoms with Gasteiger partial charge in [-0.05, 0) is 43.9 Å². The van der Waals surface area contributed by atoms with Gasteiger partial charge in [0.05, 0.1) is 0 Å². The monoisotopic (exact) mass is 301 g/mol. The Morgan fingerprint density at radius 1 is 1.27 bits per heavy atom. The standard InChI is InChI=1S/C18H27N3O/c1-15(2)12-20-10-5-7-18(13-20)8-11-21(14-18)17(22)16-6-3-4-9-19-16/h3-4,6,9,15H,5,7-8,10-14H2,1-2H3/t18-/m1/s1. The molecule has 1 aromatic rings. The van der Waals surface area contributed by atoms with Crippen LogP contribution in [-0.2, 0) is 0 Å². The molecule has 0 aliphatic carbocycles. The zero-order chi connectivity index (χ0) is 15.6. The van der Waals surface area contributed by atoms with Gasteiger partial charge in [-0.3, -0.25) is 9.78 Å². The molecule has 22 heavy (non-hydrogen) atoms. The van der Waals surface area contributed by atoms with Gasteiger partial charge in [0.2, 0.25) is 0 Å². The lowest BCUT2D eigenvalue weighted by Gasteiger charge is -2.41. The molecule has 0 bridgehead atoms.